The number of nitrogens with zero attached hydrogens (tertiary/aromatic N) is 5. The zero-order valence-electron chi connectivity index (χ0n) is 16.4. The number of piperidine rings is 1. The standard InChI is InChI=1S/C21H21ClFN7/c1-29-9-15-18(22)13(6-16(23)19(15)28-29)14-7-26-21-20(14)25-8-17(27-21)30-11-2-3-12(30)5-10(24)4-11/h6-12H,2-5,24H2,1H3,(H,26,27)/t10-,11+,12-. The summed E-state index contributed by atoms with van der Waals surface area (Å²) in [5.41, 5.74) is 9.10. The van der Waals surface area contributed by atoms with Crippen molar-refractivity contribution in [1.82, 2.24) is 24.7 Å². The highest BCUT2D eigenvalue weighted by Crippen LogP contribution is 2.40. The number of halogens is 2. The number of aryl methyl sites for hydroxylation is 1. The van der Waals surface area contributed by atoms with Crippen LogP contribution < -0.4 is 10.6 Å². The first-order valence-electron chi connectivity index (χ1n) is 10.2. The fraction of sp³-hybridized carbons (Fsp3) is 0.381. The molecule has 0 unspecified atom stereocenters. The van der Waals surface area contributed by atoms with Gasteiger partial charge in [-0.2, -0.15) is 5.10 Å². The van der Waals surface area contributed by atoms with Gasteiger partial charge in [0.2, 0.25) is 0 Å². The highest BCUT2D eigenvalue weighted by atomic mass is 35.5. The molecule has 6 rings (SSSR count). The lowest BCUT2D eigenvalue weighted by Gasteiger charge is -2.38. The molecular weight excluding hydrogens is 405 g/mol. The summed E-state index contributed by atoms with van der Waals surface area (Å²) in [5.74, 6) is 0.459. The Balaban J connectivity index is 1.44. The minimum atomic E-state index is -0.412. The summed E-state index contributed by atoms with van der Waals surface area (Å²) < 4.78 is 16.2. The predicted molar refractivity (Wildman–Crippen MR) is 115 cm³/mol. The van der Waals surface area contributed by atoms with Crippen LogP contribution >= 0.6 is 11.6 Å². The van der Waals surface area contributed by atoms with Gasteiger partial charge in [0.25, 0.3) is 0 Å². The summed E-state index contributed by atoms with van der Waals surface area (Å²) in [6.45, 7) is 0. The van der Waals surface area contributed by atoms with Gasteiger partial charge in [-0.25, -0.2) is 14.4 Å². The van der Waals surface area contributed by atoms with Gasteiger partial charge in [0.1, 0.15) is 16.9 Å². The molecule has 154 valence electrons. The molecule has 0 spiro atoms. The molecule has 2 saturated heterocycles. The predicted octanol–water partition coefficient (Wildman–Crippen LogP) is 3.76. The van der Waals surface area contributed by atoms with Gasteiger partial charge in [-0.05, 0) is 31.7 Å². The molecule has 3 N–H and O–H groups in total. The van der Waals surface area contributed by atoms with Gasteiger partial charge in [0.15, 0.2) is 11.5 Å². The van der Waals surface area contributed by atoms with E-state index in [0.717, 1.165) is 37.1 Å². The summed E-state index contributed by atoms with van der Waals surface area (Å²) in [4.78, 5) is 15.1. The van der Waals surface area contributed by atoms with E-state index in [4.69, 9.17) is 27.3 Å². The van der Waals surface area contributed by atoms with Crippen LogP contribution in [0.4, 0.5) is 10.2 Å². The van der Waals surface area contributed by atoms with E-state index in [0.29, 0.717) is 39.2 Å². The number of anilines is 1. The first-order valence-corrected chi connectivity index (χ1v) is 10.6. The number of aromatic nitrogens is 5. The molecular formula is C21H21ClFN7. The van der Waals surface area contributed by atoms with Crippen molar-refractivity contribution in [2.75, 3.05) is 4.90 Å². The number of benzene rings is 1. The van der Waals surface area contributed by atoms with E-state index in [2.05, 4.69) is 15.0 Å². The summed E-state index contributed by atoms with van der Waals surface area (Å²) in [6, 6.07) is 2.54. The molecule has 5 heterocycles. The lowest BCUT2D eigenvalue weighted by Crippen LogP contribution is -2.47. The Morgan fingerprint density at radius 1 is 1.20 bits per heavy atom. The molecule has 7 nitrogen and oxygen atoms in total. The van der Waals surface area contributed by atoms with Gasteiger partial charge in [-0.3, -0.25) is 4.68 Å². The van der Waals surface area contributed by atoms with Crippen LogP contribution in [-0.2, 0) is 7.05 Å². The van der Waals surface area contributed by atoms with E-state index in [1.165, 1.54) is 6.07 Å². The van der Waals surface area contributed by atoms with Crippen LogP contribution in [0.1, 0.15) is 25.7 Å². The zero-order valence-corrected chi connectivity index (χ0v) is 17.2. The molecule has 30 heavy (non-hydrogen) atoms. The van der Waals surface area contributed by atoms with Crippen molar-refractivity contribution in [3.63, 3.8) is 0 Å². The number of aromatic amines is 1. The van der Waals surface area contributed by atoms with Crippen LogP contribution in [0.5, 0.6) is 0 Å². The molecule has 9 heteroatoms. The van der Waals surface area contributed by atoms with E-state index in [1.807, 2.05) is 6.20 Å². The molecule has 2 aliphatic heterocycles. The number of H-pyrrole nitrogens is 1. The minimum Gasteiger partial charge on any atom is -0.349 e. The second kappa shape index (κ2) is 6.39. The van der Waals surface area contributed by atoms with Crippen LogP contribution in [0.2, 0.25) is 5.02 Å². The Labute approximate surface area is 177 Å². The number of nitrogens with one attached hydrogen (secondary N) is 1. The number of hydrogen-bond donors (Lipinski definition) is 2. The van der Waals surface area contributed by atoms with Crippen LogP contribution in [0.15, 0.2) is 24.7 Å². The SMILES string of the molecule is Cn1cc2c(Cl)c(-c3c[nH]c4nc(N5[C@@H]6CC[C@H]5C[C@@H](N)C6)cnc34)cc(F)c2n1. The number of fused-ring (bicyclic) bond motifs is 4. The summed E-state index contributed by atoms with van der Waals surface area (Å²) in [7, 11) is 1.74. The van der Waals surface area contributed by atoms with Crippen molar-refractivity contribution >= 4 is 39.5 Å². The van der Waals surface area contributed by atoms with Crippen LogP contribution in [0.3, 0.4) is 0 Å². The van der Waals surface area contributed by atoms with Gasteiger partial charge in [0, 0.05) is 54.1 Å². The quantitative estimate of drug-likeness (QED) is 0.510. The molecule has 2 fully saturated rings. The second-order valence-electron chi connectivity index (χ2n) is 8.44. The molecule has 0 aliphatic carbocycles. The maximum atomic E-state index is 14.7. The highest BCUT2D eigenvalue weighted by molar-refractivity contribution is 6.38. The topological polar surface area (TPSA) is 88.7 Å². The lowest BCUT2D eigenvalue weighted by molar-refractivity contribution is 0.412. The average molecular weight is 426 g/mol. The maximum Gasteiger partial charge on any atom is 0.159 e. The van der Waals surface area contributed by atoms with Crippen LogP contribution in [-0.4, -0.2) is 42.9 Å². The van der Waals surface area contributed by atoms with Crippen molar-refractivity contribution in [3.05, 3.63) is 35.5 Å². The smallest absolute Gasteiger partial charge is 0.159 e. The highest BCUT2D eigenvalue weighted by Gasteiger charge is 2.40. The van der Waals surface area contributed by atoms with E-state index >= 15 is 0 Å². The Kier molecular flexibility index (Phi) is 3.85. The Morgan fingerprint density at radius 2 is 1.97 bits per heavy atom. The second-order valence-corrected chi connectivity index (χ2v) is 8.81. The van der Waals surface area contributed by atoms with Gasteiger partial charge in [-0.15, -0.1) is 0 Å². The van der Waals surface area contributed by atoms with E-state index in [9.17, 15) is 4.39 Å². The van der Waals surface area contributed by atoms with Gasteiger partial charge < -0.3 is 15.6 Å². The Hall–Kier alpha value is -2.71. The molecule has 0 saturated carbocycles. The Bertz CT molecular complexity index is 1280. The van der Waals surface area contributed by atoms with Crippen molar-refractivity contribution in [1.29, 1.82) is 0 Å². The van der Waals surface area contributed by atoms with E-state index in [-0.39, 0.29) is 11.6 Å². The number of hydrogen-bond acceptors (Lipinski definition) is 5. The van der Waals surface area contributed by atoms with Crippen molar-refractivity contribution in [2.45, 2.75) is 43.8 Å². The monoisotopic (exact) mass is 425 g/mol. The van der Waals surface area contributed by atoms with E-state index in [1.54, 1.807) is 24.1 Å². The molecule has 2 aliphatic rings. The maximum absolute atomic E-state index is 14.7. The summed E-state index contributed by atoms with van der Waals surface area (Å²) in [6.07, 6.45) is 9.60. The average Bonchev–Trinajstić information content (AvgIpc) is 3.38. The van der Waals surface area contributed by atoms with Gasteiger partial charge in [0.05, 0.1) is 11.2 Å². The fourth-order valence-electron chi connectivity index (χ4n) is 5.23. The summed E-state index contributed by atoms with van der Waals surface area (Å²) in [5, 5.41) is 5.19. The van der Waals surface area contributed by atoms with Crippen LogP contribution in [0, 0.1) is 5.82 Å². The first kappa shape index (κ1) is 18.1. The molecule has 1 aromatic carbocycles. The summed E-state index contributed by atoms with van der Waals surface area (Å²) >= 11 is 6.63. The van der Waals surface area contributed by atoms with Gasteiger partial charge in [-0.1, -0.05) is 11.6 Å². The van der Waals surface area contributed by atoms with Gasteiger partial charge >= 0.3 is 0 Å². The molecule has 0 amide bonds. The molecule has 3 atom stereocenters. The normalized spacial score (nSPS) is 23.7. The molecule has 4 aromatic rings. The first-order chi connectivity index (χ1) is 14.5. The minimum absolute atomic E-state index is 0.262. The van der Waals surface area contributed by atoms with E-state index < -0.39 is 5.82 Å². The largest absolute Gasteiger partial charge is 0.349 e. The van der Waals surface area contributed by atoms with Crippen LogP contribution in [0.25, 0.3) is 33.2 Å². The van der Waals surface area contributed by atoms with Crippen molar-refractivity contribution < 1.29 is 4.39 Å². The molecule has 0 radical (unpaired) electrons. The van der Waals surface area contributed by atoms with Crippen molar-refractivity contribution in [2.24, 2.45) is 12.8 Å². The third kappa shape index (κ3) is 2.56. The fourth-order valence-corrected chi connectivity index (χ4v) is 5.53. The molecule has 3 aromatic heterocycles. The Morgan fingerprint density at radius 3 is 2.73 bits per heavy atom. The third-order valence-corrected chi connectivity index (χ3v) is 6.90. The lowest BCUT2D eigenvalue weighted by atomic mass is 9.98. The number of nitrogens with two attached hydrogens (primary N) is 1. The number of rotatable bonds is 2. The zero-order chi connectivity index (χ0) is 20.6. The van der Waals surface area contributed by atoms with Crippen molar-refractivity contribution in [3.8, 4) is 11.1 Å². The molecule has 2 bridgehead atoms. The third-order valence-electron chi connectivity index (χ3n) is 6.49.